The van der Waals surface area contributed by atoms with Crippen LogP contribution in [0.1, 0.15) is 6.42 Å². The first-order valence-electron chi connectivity index (χ1n) is 6.01. The fourth-order valence-electron chi connectivity index (χ4n) is 1.59. The Balaban J connectivity index is 1.99. The summed E-state index contributed by atoms with van der Waals surface area (Å²) in [4.78, 5) is 0. The Morgan fingerprint density at radius 3 is 2.50 bits per heavy atom. The Kier molecular flexibility index (Phi) is 4.91. The maximum atomic E-state index is 5.76. The molecule has 2 rings (SSSR count). The minimum Gasteiger partial charge on any atom is -0.457 e. The summed E-state index contributed by atoms with van der Waals surface area (Å²) >= 11 is 5.64. The average molecular weight is 262 g/mol. The Morgan fingerprint density at radius 1 is 0.944 bits per heavy atom. The van der Waals surface area contributed by atoms with Crippen molar-refractivity contribution in [2.45, 2.75) is 6.42 Å². The van der Waals surface area contributed by atoms with Crippen molar-refractivity contribution in [1.29, 1.82) is 0 Å². The third-order valence-corrected chi connectivity index (χ3v) is 2.72. The molecule has 2 aromatic carbocycles. The summed E-state index contributed by atoms with van der Waals surface area (Å²) in [6.07, 6.45) is 0.950. The van der Waals surface area contributed by atoms with Crippen LogP contribution < -0.4 is 10.1 Å². The second-order valence-electron chi connectivity index (χ2n) is 3.91. The van der Waals surface area contributed by atoms with Gasteiger partial charge in [0.15, 0.2) is 0 Å². The highest BCUT2D eigenvalue weighted by molar-refractivity contribution is 6.17. The normalized spacial score (nSPS) is 10.1. The topological polar surface area (TPSA) is 21.3 Å². The van der Waals surface area contributed by atoms with E-state index in [1.54, 1.807) is 0 Å². The molecular formula is C15H16ClNO. The van der Waals surface area contributed by atoms with Gasteiger partial charge in [0.2, 0.25) is 0 Å². The van der Waals surface area contributed by atoms with Crippen molar-refractivity contribution >= 4 is 17.3 Å². The minimum atomic E-state index is 0.674. The van der Waals surface area contributed by atoms with Crippen LogP contribution >= 0.6 is 11.6 Å². The van der Waals surface area contributed by atoms with Gasteiger partial charge < -0.3 is 10.1 Å². The van der Waals surface area contributed by atoms with Gasteiger partial charge in [0.05, 0.1) is 0 Å². The van der Waals surface area contributed by atoms with Gasteiger partial charge in [0.1, 0.15) is 11.5 Å². The lowest BCUT2D eigenvalue weighted by Crippen LogP contribution is -2.01. The quantitative estimate of drug-likeness (QED) is 0.610. The summed E-state index contributed by atoms with van der Waals surface area (Å²) in [5, 5.41) is 3.31. The Morgan fingerprint density at radius 2 is 1.72 bits per heavy atom. The highest BCUT2D eigenvalue weighted by atomic mass is 35.5. The number of nitrogens with one attached hydrogen (secondary N) is 1. The fraction of sp³-hybridized carbons (Fsp3) is 0.200. The highest BCUT2D eigenvalue weighted by Crippen LogP contribution is 2.23. The number of ether oxygens (including phenoxy) is 1. The summed E-state index contributed by atoms with van der Waals surface area (Å²) < 4.78 is 5.76. The van der Waals surface area contributed by atoms with E-state index in [1.807, 2.05) is 54.6 Å². The molecule has 0 aliphatic rings. The zero-order chi connectivity index (χ0) is 12.6. The molecule has 0 bridgehead atoms. The number of rotatable bonds is 6. The van der Waals surface area contributed by atoms with Gasteiger partial charge in [-0.3, -0.25) is 0 Å². The van der Waals surface area contributed by atoms with Crippen molar-refractivity contribution in [3.8, 4) is 11.5 Å². The van der Waals surface area contributed by atoms with E-state index in [4.69, 9.17) is 16.3 Å². The van der Waals surface area contributed by atoms with E-state index in [2.05, 4.69) is 5.32 Å². The summed E-state index contributed by atoms with van der Waals surface area (Å²) in [5.41, 5.74) is 1.05. The van der Waals surface area contributed by atoms with Crippen LogP contribution in [0.15, 0.2) is 54.6 Å². The van der Waals surface area contributed by atoms with E-state index in [0.717, 1.165) is 30.2 Å². The van der Waals surface area contributed by atoms with Crippen molar-refractivity contribution in [1.82, 2.24) is 0 Å². The molecule has 3 heteroatoms. The Bertz CT molecular complexity index is 473. The third-order valence-electron chi connectivity index (χ3n) is 2.45. The zero-order valence-electron chi connectivity index (χ0n) is 10.1. The molecule has 18 heavy (non-hydrogen) atoms. The molecule has 0 aromatic heterocycles. The number of hydrogen-bond donors (Lipinski definition) is 1. The van der Waals surface area contributed by atoms with Crippen LogP contribution in [-0.4, -0.2) is 12.4 Å². The molecule has 1 N–H and O–H groups in total. The second-order valence-corrected chi connectivity index (χ2v) is 4.29. The fourth-order valence-corrected chi connectivity index (χ4v) is 1.73. The molecule has 0 fully saturated rings. The lowest BCUT2D eigenvalue weighted by Gasteiger charge is -2.09. The molecule has 0 atom stereocenters. The van der Waals surface area contributed by atoms with Gasteiger partial charge in [0, 0.05) is 24.2 Å². The number of alkyl halides is 1. The molecule has 0 heterocycles. The van der Waals surface area contributed by atoms with Crippen LogP contribution in [0.4, 0.5) is 5.69 Å². The number of benzene rings is 2. The predicted molar refractivity (Wildman–Crippen MR) is 76.8 cm³/mol. The molecule has 0 saturated carbocycles. The van der Waals surface area contributed by atoms with E-state index >= 15 is 0 Å². The second kappa shape index (κ2) is 6.92. The van der Waals surface area contributed by atoms with Crippen molar-refractivity contribution in [2.24, 2.45) is 0 Å². The largest absolute Gasteiger partial charge is 0.457 e. The number of para-hydroxylation sites is 1. The van der Waals surface area contributed by atoms with Gasteiger partial charge >= 0.3 is 0 Å². The molecule has 94 valence electrons. The molecule has 0 saturated heterocycles. The zero-order valence-corrected chi connectivity index (χ0v) is 10.9. The van der Waals surface area contributed by atoms with Gasteiger partial charge in [-0.2, -0.15) is 0 Å². The molecule has 0 aliphatic heterocycles. The molecule has 0 unspecified atom stereocenters. The molecule has 0 spiro atoms. The first-order chi connectivity index (χ1) is 8.88. The number of anilines is 1. The van der Waals surface area contributed by atoms with Crippen LogP contribution in [0.25, 0.3) is 0 Å². The predicted octanol–water partition coefficient (Wildman–Crippen LogP) is 4.52. The van der Waals surface area contributed by atoms with Gasteiger partial charge in [-0.15, -0.1) is 11.6 Å². The lowest BCUT2D eigenvalue weighted by molar-refractivity contribution is 0.483. The monoisotopic (exact) mass is 261 g/mol. The Labute approximate surface area is 113 Å². The van der Waals surface area contributed by atoms with Crippen LogP contribution in [0.5, 0.6) is 11.5 Å². The van der Waals surface area contributed by atoms with Crippen molar-refractivity contribution in [2.75, 3.05) is 17.7 Å². The lowest BCUT2D eigenvalue weighted by atomic mass is 10.3. The van der Waals surface area contributed by atoms with Gasteiger partial charge in [-0.25, -0.2) is 0 Å². The van der Waals surface area contributed by atoms with E-state index < -0.39 is 0 Å². The van der Waals surface area contributed by atoms with E-state index in [1.165, 1.54) is 0 Å². The van der Waals surface area contributed by atoms with Crippen LogP contribution in [0.2, 0.25) is 0 Å². The first-order valence-corrected chi connectivity index (χ1v) is 6.55. The summed E-state index contributed by atoms with van der Waals surface area (Å²) in [7, 11) is 0. The molecule has 0 radical (unpaired) electrons. The van der Waals surface area contributed by atoms with Crippen molar-refractivity contribution in [3.63, 3.8) is 0 Å². The maximum absolute atomic E-state index is 5.76. The number of hydrogen-bond acceptors (Lipinski definition) is 2. The summed E-state index contributed by atoms with van der Waals surface area (Å²) in [6.45, 7) is 0.873. The van der Waals surface area contributed by atoms with E-state index in [-0.39, 0.29) is 0 Å². The molecule has 2 nitrogen and oxygen atoms in total. The molecule has 0 aliphatic carbocycles. The number of halogens is 1. The van der Waals surface area contributed by atoms with Crippen molar-refractivity contribution < 1.29 is 4.74 Å². The maximum Gasteiger partial charge on any atom is 0.129 e. The van der Waals surface area contributed by atoms with Crippen molar-refractivity contribution in [3.05, 3.63) is 54.6 Å². The van der Waals surface area contributed by atoms with E-state index in [0.29, 0.717) is 5.88 Å². The molecular weight excluding hydrogens is 246 g/mol. The van der Waals surface area contributed by atoms with Crippen LogP contribution in [0, 0.1) is 0 Å². The van der Waals surface area contributed by atoms with Crippen LogP contribution in [0.3, 0.4) is 0 Å². The molecule has 0 amide bonds. The van der Waals surface area contributed by atoms with Gasteiger partial charge in [-0.1, -0.05) is 24.3 Å². The highest BCUT2D eigenvalue weighted by Gasteiger charge is 1.98. The SMILES string of the molecule is ClCCCNc1cccc(Oc2ccccc2)c1. The standard InChI is InChI=1S/C15H16ClNO/c16-10-5-11-17-13-6-4-9-15(12-13)18-14-7-2-1-3-8-14/h1-4,6-9,12,17H,5,10-11H2. The first kappa shape index (κ1) is 12.8. The van der Waals surface area contributed by atoms with E-state index in [9.17, 15) is 0 Å². The van der Waals surface area contributed by atoms with Crippen LogP contribution in [-0.2, 0) is 0 Å². The summed E-state index contributed by atoms with van der Waals surface area (Å²) in [5.74, 6) is 2.35. The smallest absolute Gasteiger partial charge is 0.129 e. The summed E-state index contributed by atoms with van der Waals surface area (Å²) in [6, 6.07) is 17.7. The van der Waals surface area contributed by atoms with Gasteiger partial charge in [0.25, 0.3) is 0 Å². The minimum absolute atomic E-state index is 0.674. The third kappa shape index (κ3) is 3.97. The average Bonchev–Trinajstić information content (AvgIpc) is 2.41. The molecule has 2 aromatic rings. The Hall–Kier alpha value is -1.67. The van der Waals surface area contributed by atoms with Gasteiger partial charge in [-0.05, 0) is 30.7 Å².